The highest BCUT2D eigenvalue weighted by atomic mass is 32.2. The molecule has 0 atom stereocenters. The molecule has 2 heterocycles. The van der Waals surface area contributed by atoms with Crippen LogP contribution in [0.2, 0.25) is 0 Å². The van der Waals surface area contributed by atoms with Crippen molar-refractivity contribution in [2.24, 2.45) is 5.84 Å². The molecule has 2 aliphatic rings. The molecule has 0 aromatic carbocycles. The first kappa shape index (κ1) is 11.0. The van der Waals surface area contributed by atoms with Crippen molar-refractivity contribution in [3.8, 4) is 0 Å². The van der Waals surface area contributed by atoms with E-state index in [1.807, 2.05) is 5.43 Å². The molecule has 7 nitrogen and oxygen atoms in total. The first-order valence-corrected chi connectivity index (χ1v) is 6.36. The summed E-state index contributed by atoms with van der Waals surface area (Å²) in [5, 5.41) is 0. The number of carbonyl (C=O) groups is 1. The van der Waals surface area contributed by atoms with Crippen LogP contribution in [0, 0.1) is 0 Å². The summed E-state index contributed by atoms with van der Waals surface area (Å²) in [7, 11) is -3.33. The van der Waals surface area contributed by atoms with Gasteiger partial charge in [0.25, 0.3) is 5.91 Å². The van der Waals surface area contributed by atoms with E-state index in [1.54, 1.807) is 17.1 Å². The van der Waals surface area contributed by atoms with E-state index in [9.17, 15) is 13.2 Å². The quantitative estimate of drug-likeness (QED) is 0.281. The zero-order valence-corrected chi connectivity index (χ0v) is 9.25. The molecule has 0 aromatic rings. The fraction of sp³-hybridized carbons (Fsp3) is 0.375. The minimum atomic E-state index is -3.33. The molecule has 88 valence electrons. The summed E-state index contributed by atoms with van der Waals surface area (Å²) < 4.78 is 25.2. The van der Waals surface area contributed by atoms with Crippen LogP contribution in [0.3, 0.4) is 0 Å². The Hall–Kier alpha value is -1.54. The highest BCUT2D eigenvalue weighted by Gasteiger charge is 2.29. The summed E-state index contributed by atoms with van der Waals surface area (Å²) in [6.45, 7) is 0.954. The lowest BCUT2D eigenvalue weighted by atomic mass is 10.1. The second-order valence-corrected chi connectivity index (χ2v) is 5.35. The van der Waals surface area contributed by atoms with E-state index in [1.165, 1.54) is 0 Å². The van der Waals surface area contributed by atoms with Crippen LogP contribution in [0.4, 0.5) is 0 Å². The van der Waals surface area contributed by atoms with Gasteiger partial charge >= 0.3 is 0 Å². The third-order valence-corrected chi connectivity index (χ3v) is 3.66. The summed E-state index contributed by atoms with van der Waals surface area (Å²) in [5.41, 5.74) is 2.22. The van der Waals surface area contributed by atoms with E-state index in [-0.39, 0.29) is 11.3 Å². The van der Waals surface area contributed by atoms with Crippen molar-refractivity contribution in [3.63, 3.8) is 0 Å². The van der Waals surface area contributed by atoms with Gasteiger partial charge < -0.3 is 4.90 Å². The van der Waals surface area contributed by atoms with E-state index >= 15 is 0 Å². The normalized spacial score (nSPS) is 22.4. The standard InChI is InChI=1S/C8H12N4O3S/c9-10-8(13)6-2-1-3-12-4-5-16(14,15)11-7(6)12/h1-2,11H,3-5,9H2,(H,10,13). The third kappa shape index (κ3) is 1.89. The molecule has 1 amide bonds. The SMILES string of the molecule is NNC(=O)C1=C2NS(=O)(=O)CCN2CC=C1. The number of carbonyl (C=O) groups excluding carboxylic acids is 1. The lowest BCUT2D eigenvalue weighted by Crippen LogP contribution is -2.49. The number of amides is 1. The van der Waals surface area contributed by atoms with Crippen molar-refractivity contribution in [1.82, 2.24) is 15.0 Å². The molecule has 1 fully saturated rings. The first-order valence-electron chi connectivity index (χ1n) is 4.71. The number of nitrogens with one attached hydrogen (secondary N) is 2. The van der Waals surface area contributed by atoms with Gasteiger partial charge in [0.05, 0.1) is 11.3 Å². The molecule has 8 heteroatoms. The minimum Gasteiger partial charge on any atom is -0.352 e. The monoisotopic (exact) mass is 244 g/mol. The Labute approximate surface area is 93.0 Å². The molecular weight excluding hydrogens is 232 g/mol. The molecule has 1 saturated heterocycles. The Balaban J connectivity index is 2.42. The lowest BCUT2D eigenvalue weighted by Gasteiger charge is -2.34. The highest BCUT2D eigenvalue weighted by Crippen LogP contribution is 2.19. The van der Waals surface area contributed by atoms with Crippen molar-refractivity contribution < 1.29 is 13.2 Å². The summed E-state index contributed by atoms with van der Waals surface area (Å²) in [6.07, 6.45) is 3.34. The van der Waals surface area contributed by atoms with Crippen LogP contribution in [0.25, 0.3) is 0 Å². The van der Waals surface area contributed by atoms with E-state index in [4.69, 9.17) is 5.84 Å². The molecule has 2 rings (SSSR count). The zero-order chi connectivity index (χ0) is 11.8. The number of hydrazine groups is 1. The molecule has 0 bridgehead atoms. The predicted octanol–water partition coefficient (Wildman–Crippen LogP) is -2.01. The molecule has 0 spiro atoms. The number of nitrogens with two attached hydrogens (primary N) is 1. The van der Waals surface area contributed by atoms with Gasteiger partial charge in [-0.15, -0.1) is 0 Å². The summed E-state index contributed by atoms with van der Waals surface area (Å²) in [4.78, 5) is 13.2. The average Bonchev–Trinajstić information content (AvgIpc) is 2.26. The fourth-order valence-electron chi connectivity index (χ4n) is 1.65. The molecule has 16 heavy (non-hydrogen) atoms. The second-order valence-electron chi connectivity index (χ2n) is 3.51. The molecule has 0 aliphatic carbocycles. The van der Waals surface area contributed by atoms with Crippen LogP contribution in [0.15, 0.2) is 23.5 Å². The number of sulfonamides is 1. The van der Waals surface area contributed by atoms with Crippen molar-refractivity contribution in [3.05, 3.63) is 23.5 Å². The average molecular weight is 244 g/mol. The van der Waals surface area contributed by atoms with E-state index in [2.05, 4.69) is 4.72 Å². The van der Waals surface area contributed by atoms with Gasteiger partial charge in [0.2, 0.25) is 10.0 Å². The van der Waals surface area contributed by atoms with Gasteiger partial charge in [0, 0.05) is 13.1 Å². The number of hydrogen-bond donors (Lipinski definition) is 3. The van der Waals surface area contributed by atoms with E-state index < -0.39 is 15.9 Å². The molecule has 0 aromatic heterocycles. The van der Waals surface area contributed by atoms with Gasteiger partial charge in [-0.1, -0.05) is 6.08 Å². The lowest BCUT2D eigenvalue weighted by molar-refractivity contribution is -0.117. The molecule has 0 radical (unpaired) electrons. The second kappa shape index (κ2) is 3.80. The number of fused-ring (bicyclic) bond motifs is 1. The maximum absolute atomic E-state index is 11.4. The van der Waals surface area contributed by atoms with Crippen LogP contribution in [0.1, 0.15) is 0 Å². The summed E-state index contributed by atoms with van der Waals surface area (Å²) >= 11 is 0. The molecule has 0 saturated carbocycles. The van der Waals surface area contributed by atoms with Gasteiger partial charge in [0.1, 0.15) is 5.82 Å². The van der Waals surface area contributed by atoms with Gasteiger partial charge in [-0.2, -0.15) is 0 Å². The fourth-order valence-corrected chi connectivity index (χ4v) is 2.75. The Kier molecular flexibility index (Phi) is 2.60. The zero-order valence-electron chi connectivity index (χ0n) is 8.43. The number of rotatable bonds is 1. The highest BCUT2D eigenvalue weighted by molar-refractivity contribution is 7.89. The third-order valence-electron chi connectivity index (χ3n) is 2.44. The van der Waals surface area contributed by atoms with Crippen molar-refractivity contribution in [2.75, 3.05) is 18.8 Å². The summed E-state index contributed by atoms with van der Waals surface area (Å²) in [6, 6.07) is 0. The van der Waals surface area contributed by atoms with Gasteiger partial charge in [-0.25, -0.2) is 14.3 Å². The predicted molar refractivity (Wildman–Crippen MR) is 57.0 cm³/mol. The van der Waals surface area contributed by atoms with Gasteiger partial charge in [-0.05, 0) is 6.08 Å². The molecule has 0 unspecified atom stereocenters. The smallest absolute Gasteiger partial charge is 0.268 e. The minimum absolute atomic E-state index is 0.0296. The topological polar surface area (TPSA) is 105 Å². The van der Waals surface area contributed by atoms with Crippen LogP contribution in [0.5, 0.6) is 0 Å². The van der Waals surface area contributed by atoms with Gasteiger partial charge in [0.15, 0.2) is 0 Å². The number of hydrogen-bond acceptors (Lipinski definition) is 5. The van der Waals surface area contributed by atoms with Crippen molar-refractivity contribution in [2.45, 2.75) is 0 Å². The maximum Gasteiger partial charge on any atom is 0.268 e. The number of nitrogens with zero attached hydrogens (tertiary/aromatic N) is 1. The summed E-state index contributed by atoms with van der Waals surface area (Å²) in [5.74, 6) is 4.85. The molecule has 4 N–H and O–H groups in total. The Morgan fingerprint density at radius 1 is 1.56 bits per heavy atom. The molecular formula is C8H12N4O3S. The van der Waals surface area contributed by atoms with Crippen molar-refractivity contribution in [1.29, 1.82) is 0 Å². The molecule has 2 aliphatic heterocycles. The van der Waals surface area contributed by atoms with E-state index in [0.717, 1.165) is 0 Å². The van der Waals surface area contributed by atoms with Crippen LogP contribution in [-0.4, -0.2) is 38.1 Å². The van der Waals surface area contributed by atoms with Crippen LogP contribution < -0.4 is 16.0 Å². The van der Waals surface area contributed by atoms with Crippen LogP contribution >= 0.6 is 0 Å². The Bertz CT molecular complexity index is 480. The van der Waals surface area contributed by atoms with Crippen molar-refractivity contribution >= 4 is 15.9 Å². The van der Waals surface area contributed by atoms with Gasteiger partial charge in [-0.3, -0.25) is 14.9 Å². The Morgan fingerprint density at radius 3 is 3.00 bits per heavy atom. The first-order chi connectivity index (χ1) is 7.53. The largest absolute Gasteiger partial charge is 0.352 e. The van der Waals surface area contributed by atoms with Crippen LogP contribution in [-0.2, 0) is 14.8 Å². The maximum atomic E-state index is 11.4. The Morgan fingerprint density at radius 2 is 2.31 bits per heavy atom. The van der Waals surface area contributed by atoms with E-state index in [0.29, 0.717) is 18.9 Å².